The highest BCUT2D eigenvalue weighted by atomic mass is 32.1. The van der Waals surface area contributed by atoms with Crippen molar-refractivity contribution in [1.82, 2.24) is 59.6 Å². The molecule has 26 nitrogen and oxygen atoms in total. The van der Waals surface area contributed by atoms with Crippen molar-refractivity contribution in [3.05, 3.63) is 46.4 Å². The number of thiophene rings is 1. The predicted octanol–water partition coefficient (Wildman–Crippen LogP) is 12.1. The van der Waals surface area contributed by atoms with Gasteiger partial charge in [-0.15, -0.1) is 11.3 Å². The van der Waals surface area contributed by atoms with Crippen LogP contribution in [0, 0.1) is 0 Å². The molecule has 0 aliphatic carbocycles. The molecule has 8 heterocycles. The third-order valence-electron chi connectivity index (χ3n) is 17.8. The lowest BCUT2D eigenvalue weighted by atomic mass is 9.88. The minimum absolute atomic E-state index is 0.0385. The largest absolute Gasteiger partial charge is 0.368 e. The van der Waals surface area contributed by atoms with E-state index in [9.17, 15) is 28.8 Å². The molecular formula is C70H110N20O6S. The fourth-order valence-electron chi connectivity index (χ4n) is 11.8. The molecule has 0 bridgehead atoms. The van der Waals surface area contributed by atoms with Crippen LogP contribution in [0.25, 0.3) is 21.4 Å². The summed E-state index contributed by atoms with van der Waals surface area (Å²) >= 11 is 1.60. The van der Waals surface area contributed by atoms with Crippen LogP contribution in [0.3, 0.4) is 0 Å². The predicted molar refractivity (Wildman–Crippen MR) is 390 cm³/mol. The Bertz CT molecular complexity index is 3630. The smallest absolute Gasteiger partial charge is 0.224 e. The average molecular weight is 1360 g/mol. The number of nitrogens with one attached hydrogen (secondary N) is 4. The molecule has 0 saturated carbocycles. The third kappa shape index (κ3) is 25.5. The number of rotatable bonds is 32. The standard InChI is InChI=1S/2C19H31N5O2.C16H24N6O.C16H24N4OS/c1-5-6-9-19(4,10-7-13(2)25)23-17-15-12-24(14(3)26)11-8-16(15)21-18(20)22-17;1-5-6-9-19(4,10-7-13(2)25)23-17-15-8-11-24(14(3)26)12-16(15)21-18(20)22-17;1-4-5-7-16(3,8-6-11(2)23)22-14-12-13(19-10-9-18-12)20-15(17)21-14;1-4-5-8-16(3,9-6-11(2)21)20-14-13-12(7-10-22-13)18-15(17)19-14/h2*5-12H2,1-4H3,(H3,20,21,22,23);9-10H,4-8H2,1-3H3,(H3,17,19,20,21,22);7,10H,4-6,8-9H2,1-3H3,(H3,17,18,19,20)/t2*19-;2*16-/m1111/s1. The van der Waals surface area contributed by atoms with E-state index in [1.54, 1.807) is 75.1 Å². The van der Waals surface area contributed by atoms with Gasteiger partial charge < -0.3 is 73.2 Å². The van der Waals surface area contributed by atoms with E-state index < -0.39 is 0 Å². The molecule has 0 aromatic carbocycles. The van der Waals surface area contributed by atoms with E-state index in [1.807, 2.05) is 11.4 Å². The Morgan fingerprint density at radius 2 is 0.835 bits per heavy atom. The zero-order valence-corrected chi connectivity index (χ0v) is 61.0. The van der Waals surface area contributed by atoms with Crippen LogP contribution in [0.5, 0.6) is 0 Å². The fraction of sp³-hybridized carbons (Fsp3) is 0.629. The maximum Gasteiger partial charge on any atom is 0.224 e. The molecule has 12 N–H and O–H groups in total. The van der Waals surface area contributed by atoms with Crippen molar-refractivity contribution in [2.75, 3.05) is 57.3 Å². The second kappa shape index (κ2) is 37.4. The Hall–Kier alpha value is -8.36. The molecule has 6 aromatic rings. The summed E-state index contributed by atoms with van der Waals surface area (Å²) in [5.41, 5.74) is 28.1. The lowest BCUT2D eigenvalue weighted by molar-refractivity contribution is -0.130. The molecule has 0 unspecified atom stereocenters. The quantitative estimate of drug-likeness (QED) is 0.0194. The SMILES string of the molecule is CCCC[C@](C)(CCC(C)=O)Nc1nc(N)nc2c1CCN(C(C)=O)C2.CCCC[C@](C)(CCC(C)=O)Nc1nc(N)nc2c1CN(C(C)=O)CC2.CCCC[C@](C)(CCC(C)=O)Nc1nc(N)nc2ccsc12.CCCC[C@](C)(CCC(C)=O)Nc1nc(N)nc2nccnc12. The second-order valence-corrected chi connectivity index (χ2v) is 28.2. The number of fused-ring (bicyclic) bond motifs is 4. The number of aromatic nitrogens is 10. The van der Waals surface area contributed by atoms with Gasteiger partial charge in [0.2, 0.25) is 35.6 Å². The number of carbonyl (C=O) groups is 6. The van der Waals surface area contributed by atoms with E-state index in [1.165, 1.54) is 0 Å². The van der Waals surface area contributed by atoms with E-state index in [4.69, 9.17) is 22.9 Å². The van der Waals surface area contributed by atoms with E-state index in [0.717, 1.165) is 147 Å². The summed E-state index contributed by atoms with van der Waals surface area (Å²) in [6.07, 6.45) is 22.2. The minimum Gasteiger partial charge on any atom is -0.368 e. The van der Waals surface area contributed by atoms with Gasteiger partial charge in [0.25, 0.3) is 0 Å². The summed E-state index contributed by atoms with van der Waals surface area (Å²) < 4.78 is 1.01. The summed E-state index contributed by atoms with van der Waals surface area (Å²) in [5.74, 6) is 4.53. The van der Waals surface area contributed by atoms with Crippen LogP contribution >= 0.6 is 11.3 Å². The first-order valence-electron chi connectivity index (χ1n) is 34.5. The van der Waals surface area contributed by atoms with Crippen molar-refractivity contribution in [2.45, 2.75) is 273 Å². The van der Waals surface area contributed by atoms with Crippen LogP contribution < -0.4 is 44.2 Å². The van der Waals surface area contributed by atoms with Gasteiger partial charge in [-0.2, -0.15) is 24.9 Å². The van der Waals surface area contributed by atoms with Crippen LogP contribution in [0.2, 0.25) is 0 Å². The van der Waals surface area contributed by atoms with Gasteiger partial charge >= 0.3 is 0 Å². The second-order valence-electron chi connectivity index (χ2n) is 27.3. The molecular weight excluding hydrogens is 1250 g/mol. The number of amides is 2. The molecule has 0 radical (unpaired) electrons. The van der Waals surface area contributed by atoms with Gasteiger partial charge in [-0.3, -0.25) is 9.59 Å². The number of nitrogen functional groups attached to an aromatic ring is 4. The Morgan fingerprint density at radius 3 is 1.30 bits per heavy atom. The van der Waals surface area contributed by atoms with E-state index >= 15 is 0 Å². The van der Waals surface area contributed by atoms with Crippen LogP contribution in [-0.2, 0) is 54.7 Å². The summed E-state index contributed by atoms with van der Waals surface area (Å²) in [6.45, 7) is 29.1. The van der Waals surface area contributed by atoms with Crippen LogP contribution in [-0.4, -0.2) is 130 Å². The van der Waals surface area contributed by atoms with Crippen molar-refractivity contribution in [3.63, 3.8) is 0 Å². The average Bonchev–Trinajstić information content (AvgIpc) is 1.29. The summed E-state index contributed by atoms with van der Waals surface area (Å²) in [7, 11) is 0. The molecule has 27 heteroatoms. The van der Waals surface area contributed by atoms with Gasteiger partial charge in [-0.25, -0.2) is 24.9 Å². The van der Waals surface area contributed by atoms with Crippen molar-refractivity contribution in [3.8, 4) is 0 Å². The van der Waals surface area contributed by atoms with Gasteiger partial charge in [0.1, 0.15) is 40.6 Å². The van der Waals surface area contributed by atoms with Crippen LogP contribution in [0.4, 0.5) is 47.1 Å². The first kappa shape index (κ1) is 79.3. The number of nitrogens with two attached hydrogens (primary N) is 4. The lowest BCUT2D eigenvalue weighted by Gasteiger charge is -2.35. The highest BCUT2D eigenvalue weighted by Gasteiger charge is 2.33. The summed E-state index contributed by atoms with van der Waals surface area (Å²) in [4.78, 5) is 116. The Morgan fingerprint density at radius 1 is 0.454 bits per heavy atom. The highest BCUT2D eigenvalue weighted by Crippen LogP contribution is 2.36. The maximum absolute atomic E-state index is 11.8. The molecule has 97 heavy (non-hydrogen) atoms. The number of carbonyl (C=O) groups excluding carboxylic acids is 6. The zero-order chi connectivity index (χ0) is 71.7. The molecule has 2 amide bonds. The highest BCUT2D eigenvalue weighted by molar-refractivity contribution is 7.17. The number of hydrogen-bond acceptors (Lipinski definition) is 25. The van der Waals surface area contributed by atoms with Gasteiger partial charge in [0.15, 0.2) is 17.0 Å². The number of nitrogens with zero attached hydrogens (tertiary/aromatic N) is 12. The number of Topliss-reactive ketones (excluding diaryl/α,β-unsaturated/α-hetero) is 4. The Balaban J connectivity index is 0.000000234. The molecule has 2 aliphatic heterocycles. The van der Waals surface area contributed by atoms with E-state index in [2.05, 4.69) is 126 Å². The van der Waals surface area contributed by atoms with Crippen molar-refractivity contribution in [1.29, 1.82) is 0 Å². The third-order valence-corrected chi connectivity index (χ3v) is 18.8. The zero-order valence-electron chi connectivity index (χ0n) is 60.2. The molecule has 0 fully saturated rings. The van der Waals surface area contributed by atoms with Gasteiger partial charge in [0.05, 0.1) is 34.7 Å². The number of unbranched alkanes of at least 4 members (excludes halogenated alkanes) is 4. The van der Waals surface area contributed by atoms with Crippen LogP contribution in [0.1, 0.15) is 248 Å². The minimum atomic E-state index is -0.257. The normalized spacial score (nSPS) is 14.9. The first-order chi connectivity index (χ1) is 45.8. The summed E-state index contributed by atoms with van der Waals surface area (Å²) in [5, 5.41) is 16.1. The van der Waals surface area contributed by atoms with Crippen molar-refractivity contribution < 1.29 is 28.8 Å². The topological polar surface area (TPSA) is 390 Å². The molecule has 0 saturated heterocycles. The first-order valence-corrected chi connectivity index (χ1v) is 35.4. The summed E-state index contributed by atoms with van der Waals surface area (Å²) in [6, 6.07) is 1.95. The Kier molecular flexibility index (Phi) is 30.6. The Labute approximate surface area is 577 Å². The molecule has 532 valence electrons. The monoisotopic (exact) mass is 1360 g/mol. The van der Waals surface area contributed by atoms with Gasteiger partial charge in [-0.05, 0) is 125 Å². The molecule has 6 aromatic heterocycles. The number of anilines is 8. The lowest BCUT2D eigenvalue weighted by Crippen LogP contribution is -2.39. The van der Waals surface area contributed by atoms with Gasteiger partial charge in [-0.1, -0.05) is 79.1 Å². The van der Waals surface area contributed by atoms with Crippen molar-refractivity contribution in [2.24, 2.45) is 0 Å². The molecule has 4 atom stereocenters. The van der Waals surface area contributed by atoms with Gasteiger partial charge in [0, 0.05) is 105 Å². The number of hydrogen-bond donors (Lipinski definition) is 8. The van der Waals surface area contributed by atoms with Crippen molar-refractivity contribution >= 4 is 115 Å². The van der Waals surface area contributed by atoms with Crippen LogP contribution in [0.15, 0.2) is 23.8 Å². The molecule has 2 aliphatic rings. The van der Waals surface area contributed by atoms with E-state index in [-0.39, 0.29) is 80.9 Å². The molecule has 8 rings (SSSR count). The number of ketones is 4. The van der Waals surface area contributed by atoms with E-state index in [0.29, 0.717) is 87.5 Å². The molecule has 0 spiro atoms. The maximum atomic E-state index is 11.8. The fourth-order valence-corrected chi connectivity index (χ4v) is 12.6.